The molecule has 0 bridgehead atoms. The summed E-state index contributed by atoms with van der Waals surface area (Å²) in [7, 11) is -3.80. The number of aromatic nitrogens is 2. The van der Waals surface area contributed by atoms with Gasteiger partial charge in [0.15, 0.2) is 0 Å². The molecule has 2 N–H and O–H groups in total. The van der Waals surface area contributed by atoms with Gasteiger partial charge in [-0.2, -0.15) is 4.98 Å². The summed E-state index contributed by atoms with van der Waals surface area (Å²) in [5.74, 6) is 0.800. The molecular formula is C21H22FN5O3S. The molecule has 8 nitrogen and oxygen atoms in total. The first-order chi connectivity index (χ1) is 14.9. The van der Waals surface area contributed by atoms with E-state index in [0.717, 1.165) is 36.6 Å². The molecule has 0 unspecified atom stereocenters. The third kappa shape index (κ3) is 5.28. The Morgan fingerprint density at radius 3 is 2.29 bits per heavy atom. The Morgan fingerprint density at radius 1 is 0.968 bits per heavy atom. The highest BCUT2D eigenvalue weighted by Gasteiger charge is 2.16. The van der Waals surface area contributed by atoms with E-state index >= 15 is 0 Å². The molecule has 0 amide bonds. The van der Waals surface area contributed by atoms with Crippen molar-refractivity contribution >= 4 is 33.2 Å². The van der Waals surface area contributed by atoms with Crippen LogP contribution in [0.25, 0.3) is 0 Å². The fraction of sp³-hybridized carbons (Fsp3) is 0.238. The lowest BCUT2D eigenvalue weighted by Gasteiger charge is -2.27. The van der Waals surface area contributed by atoms with Crippen molar-refractivity contribution in [2.24, 2.45) is 0 Å². The Balaban J connectivity index is 1.46. The molecule has 3 aromatic rings. The summed E-state index contributed by atoms with van der Waals surface area (Å²) in [6.45, 7) is 4.69. The number of halogens is 1. The molecule has 10 heteroatoms. The Kier molecular flexibility index (Phi) is 6.01. The van der Waals surface area contributed by atoms with Crippen molar-refractivity contribution < 1.29 is 17.5 Å². The normalized spacial score (nSPS) is 14.3. The molecule has 0 radical (unpaired) electrons. The number of benzene rings is 2. The first-order valence-electron chi connectivity index (χ1n) is 9.73. The highest BCUT2D eigenvalue weighted by Crippen LogP contribution is 2.22. The first-order valence-corrected chi connectivity index (χ1v) is 11.2. The summed E-state index contributed by atoms with van der Waals surface area (Å²) in [4.78, 5) is 11.2. The van der Waals surface area contributed by atoms with Crippen molar-refractivity contribution in [2.45, 2.75) is 11.8 Å². The number of rotatable bonds is 6. The summed E-state index contributed by atoms with van der Waals surface area (Å²) in [5.41, 5.74) is 1.97. The quantitative estimate of drug-likeness (QED) is 0.603. The lowest BCUT2D eigenvalue weighted by molar-refractivity contribution is 0.122. The van der Waals surface area contributed by atoms with E-state index < -0.39 is 15.8 Å². The van der Waals surface area contributed by atoms with E-state index in [0.29, 0.717) is 30.7 Å². The Morgan fingerprint density at radius 2 is 1.61 bits per heavy atom. The number of hydrogen-bond acceptors (Lipinski definition) is 7. The number of nitrogens with zero attached hydrogens (tertiary/aromatic N) is 3. The number of sulfonamides is 1. The molecule has 2 aromatic carbocycles. The van der Waals surface area contributed by atoms with Crippen LogP contribution in [0.2, 0.25) is 0 Å². The van der Waals surface area contributed by atoms with Crippen molar-refractivity contribution in [1.82, 2.24) is 9.97 Å². The van der Waals surface area contributed by atoms with Gasteiger partial charge in [-0.05, 0) is 55.5 Å². The van der Waals surface area contributed by atoms with Crippen LogP contribution in [0.4, 0.5) is 27.5 Å². The monoisotopic (exact) mass is 443 g/mol. The Bertz CT molecular complexity index is 1150. The van der Waals surface area contributed by atoms with E-state index in [1.165, 1.54) is 12.1 Å². The standard InChI is InChI=1S/C21H22FN5O3S/c1-15-14-20(25-21(23-15)27-10-12-30-13-11-27)24-17-4-6-18(7-5-17)26-31(28,29)19-8-2-16(22)3-9-19/h2-9,14,26H,10-13H2,1H3,(H,23,24,25). The smallest absolute Gasteiger partial charge is 0.261 e. The van der Waals surface area contributed by atoms with Crippen LogP contribution in [0.1, 0.15) is 5.69 Å². The van der Waals surface area contributed by atoms with Gasteiger partial charge in [-0.1, -0.05) is 0 Å². The van der Waals surface area contributed by atoms with Gasteiger partial charge < -0.3 is 15.0 Å². The molecule has 162 valence electrons. The second kappa shape index (κ2) is 8.86. The van der Waals surface area contributed by atoms with Gasteiger partial charge in [-0.25, -0.2) is 17.8 Å². The molecular weight excluding hydrogens is 421 g/mol. The summed E-state index contributed by atoms with van der Waals surface area (Å²) in [5, 5.41) is 3.22. The summed E-state index contributed by atoms with van der Waals surface area (Å²) in [6, 6.07) is 13.3. The van der Waals surface area contributed by atoms with Gasteiger partial charge in [0.2, 0.25) is 5.95 Å². The van der Waals surface area contributed by atoms with Crippen molar-refractivity contribution in [3.63, 3.8) is 0 Å². The van der Waals surface area contributed by atoms with Gasteiger partial charge >= 0.3 is 0 Å². The number of nitrogens with one attached hydrogen (secondary N) is 2. The highest BCUT2D eigenvalue weighted by atomic mass is 32.2. The number of morpholine rings is 1. The topological polar surface area (TPSA) is 96.5 Å². The van der Waals surface area contributed by atoms with E-state index in [2.05, 4.69) is 24.9 Å². The minimum Gasteiger partial charge on any atom is -0.378 e. The summed E-state index contributed by atoms with van der Waals surface area (Å²) < 4.78 is 45.8. The van der Waals surface area contributed by atoms with Crippen LogP contribution in [0.15, 0.2) is 59.5 Å². The molecule has 1 aliphatic heterocycles. The maximum atomic E-state index is 13.0. The second-order valence-corrected chi connectivity index (χ2v) is 8.74. The van der Waals surface area contributed by atoms with Crippen LogP contribution < -0.4 is 14.9 Å². The molecule has 0 atom stereocenters. The van der Waals surface area contributed by atoms with Crippen LogP contribution in [0.5, 0.6) is 0 Å². The van der Waals surface area contributed by atoms with Crippen LogP contribution in [-0.4, -0.2) is 44.7 Å². The minimum absolute atomic E-state index is 0.0109. The van der Waals surface area contributed by atoms with Gasteiger partial charge in [0, 0.05) is 36.2 Å². The lowest BCUT2D eigenvalue weighted by Crippen LogP contribution is -2.37. The average Bonchev–Trinajstić information content (AvgIpc) is 2.75. The maximum Gasteiger partial charge on any atom is 0.261 e. The van der Waals surface area contributed by atoms with E-state index in [1.807, 2.05) is 13.0 Å². The summed E-state index contributed by atoms with van der Waals surface area (Å²) >= 11 is 0. The zero-order valence-electron chi connectivity index (χ0n) is 16.9. The first kappa shape index (κ1) is 21.0. The third-order valence-electron chi connectivity index (χ3n) is 4.67. The van der Waals surface area contributed by atoms with Crippen LogP contribution in [-0.2, 0) is 14.8 Å². The van der Waals surface area contributed by atoms with E-state index in [1.54, 1.807) is 24.3 Å². The van der Waals surface area contributed by atoms with Crippen LogP contribution in [0, 0.1) is 12.7 Å². The fourth-order valence-corrected chi connectivity index (χ4v) is 4.18. The molecule has 0 aliphatic carbocycles. The van der Waals surface area contributed by atoms with E-state index in [9.17, 15) is 12.8 Å². The van der Waals surface area contributed by atoms with Gasteiger partial charge in [-0.15, -0.1) is 0 Å². The molecule has 1 aliphatic rings. The molecule has 1 aromatic heterocycles. The molecule has 1 saturated heterocycles. The zero-order valence-corrected chi connectivity index (χ0v) is 17.7. The van der Waals surface area contributed by atoms with Crippen LogP contribution in [0.3, 0.4) is 0 Å². The maximum absolute atomic E-state index is 13.0. The van der Waals surface area contributed by atoms with Crippen molar-refractivity contribution in [3.05, 3.63) is 66.1 Å². The molecule has 4 rings (SSSR count). The SMILES string of the molecule is Cc1cc(Nc2ccc(NS(=O)(=O)c3ccc(F)cc3)cc2)nc(N2CCOCC2)n1. The second-order valence-electron chi connectivity index (χ2n) is 7.06. The Labute approximate surface area is 180 Å². The number of ether oxygens (including phenoxy) is 1. The van der Waals surface area contributed by atoms with Crippen LogP contribution >= 0.6 is 0 Å². The summed E-state index contributed by atoms with van der Waals surface area (Å²) in [6.07, 6.45) is 0. The molecule has 31 heavy (non-hydrogen) atoms. The largest absolute Gasteiger partial charge is 0.378 e. The number of hydrogen-bond donors (Lipinski definition) is 2. The number of aryl methyl sites for hydroxylation is 1. The minimum atomic E-state index is -3.80. The van der Waals surface area contributed by atoms with Crippen molar-refractivity contribution in [1.29, 1.82) is 0 Å². The highest BCUT2D eigenvalue weighted by molar-refractivity contribution is 7.92. The zero-order chi connectivity index (χ0) is 21.8. The fourth-order valence-electron chi connectivity index (χ4n) is 3.12. The molecule has 0 spiro atoms. The predicted molar refractivity (Wildman–Crippen MR) is 117 cm³/mol. The van der Waals surface area contributed by atoms with Crippen molar-refractivity contribution in [2.75, 3.05) is 41.2 Å². The van der Waals surface area contributed by atoms with Gasteiger partial charge in [-0.3, -0.25) is 4.72 Å². The van der Waals surface area contributed by atoms with E-state index in [4.69, 9.17) is 4.74 Å². The predicted octanol–water partition coefficient (Wildman–Crippen LogP) is 3.31. The third-order valence-corrected chi connectivity index (χ3v) is 6.07. The number of anilines is 4. The average molecular weight is 444 g/mol. The molecule has 0 saturated carbocycles. The van der Waals surface area contributed by atoms with E-state index in [-0.39, 0.29) is 4.90 Å². The molecule has 1 fully saturated rings. The lowest BCUT2D eigenvalue weighted by atomic mass is 10.3. The molecule has 2 heterocycles. The van der Waals surface area contributed by atoms with Gasteiger partial charge in [0.1, 0.15) is 11.6 Å². The van der Waals surface area contributed by atoms with Gasteiger partial charge in [0.05, 0.1) is 18.1 Å². The van der Waals surface area contributed by atoms with Crippen molar-refractivity contribution in [3.8, 4) is 0 Å². The Hall–Kier alpha value is -3.24. The van der Waals surface area contributed by atoms with Gasteiger partial charge in [0.25, 0.3) is 10.0 Å².